The third-order valence-corrected chi connectivity index (χ3v) is 7.72. The second-order valence-electron chi connectivity index (χ2n) is 11.9. The molecule has 2 amide bonds. The SMILES string of the molecule is CC.CC(C)CN(CC(O)C(Cc1ccccc1)NC(=O)[C@@H](NC(=O)CNCc1ccc(F)cc1)C(C)(C)C)S(C)(=O)=O. The number of halogens is 1. The van der Waals surface area contributed by atoms with E-state index in [1.165, 1.54) is 16.4 Å². The monoisotopic (exact) mass is 622 g/mol. The van der Waals surface area contributed by atoms with Crippen molar-refractivity contribution in [3.63, 3.8) is 0 Å². The average Bonchev–Trinajstić information content (AvgIpc) is 2.92. The Morgan fingerprint density at radius 1 is 0.930 bits per heavy atom. The number of carbonyl (C=O) groups is 2. The van der Waals surface area contributed by atoms with E-state index in [2.05, 4.69) is 16.0 Å². The molecule has 0 aliphatic heterocycles. The number of nitrogens with one attached hydrogen (secondary N) is 3. The first kappa shape index (κ1) is 38.2. The van der Waals surface area contributed by atoms with E-state index in [1.807, 2.05) is 78.8 Å². The summed E-state index contributed by atoms with van der Waals surface area (Å²) in [7, 11) is -3.60. The van der Waals surface area contributed by atoms with E-state index in [9.17, 15) is 27.5 Å². The van der Waals surface area contributed by atoms with Crippen LogP contribution in [0.5, 0.6) is 0 Å². The first-order chi connectivity index (χ1) is 20.1. The zero-order chi connectivity index (χ0) is 32.8. The molecule has 0 aliphatic rings. The number of aliphatic hydroxyl groups is 1. The van der Waals surface area contributed by atoms with Gasteiger partial charge in [-0.25, -0.2) is 12.8 Å². The molecule has 3 atom stereocenters. The van der Waals surface area contributed by atoms with Gasteiger partial charge in [-0.2, -0.15) is 4.31 Å². The van der Waals surface area contributed by atoms with E-state index >= 15 is 0 Å². The summed E-state index contributed by atoms with van der Waals surface area (Å²) >= 11 is 0. The van der Waals surface area contributed by atoms with Gasteiger partial charge in [-0.15, -0.1) is 0 Å². The molecular weight excluding hydrogens is 571 g/mol. The molecule has 0 fully saturated rings. The lowest BCUT2D eigenvalue weighted by Gasteiger charge is -2.34. The number of nitrogens with zero attached hydrogens (tertiary/aromatic N) is 1. The van der Waals surface area contributed by atoms with Gasteiger partial charge in [-0.3, -0.25) is 9.59 Å². The zero-order valence-electron chi connectivity index (χ0n) is 26.9. The summed E-state index contributed by atoms with van der Waals surface area (Å²) in [4.78, 5) is 26.4. The van der Waals surface area contributed by atoms with Crippen molar-refractivity contribution < 1.29 is 27.5 Å². The zero-order valence-corrected chi connectivity index (χ0v) is 27.7. The number of carbonyl (C=O) groups excluding carboxylic acids is 2. The maximum Gasteiger partial charge on any atom is 0.243 e. The molecule has 0 radical (unpaired) electrons. The van der Waals surface area contributed by atoms with E-state index in [1.54, 1.807) is 12.1 Å². The van der Waals surface area contributed by atoms with Crippen molar-refractivity contribution >= 4 is 21.8 Å². The molecule has 11 heteroatoms. The minimum atomic E-state index is -3.60. The van der Waals surface area contributed by atoms with Gasteiger partial charge in [0.1, 0.15) is 11.9 Å². The van der Waals surface area contributed by atoms with Crippen LogP contribution in [0.15, 0.2) is 54.6 Å². The molecule has 2 aromatic rings. The maximum absolute atomic E-state index is 13.6. The van der Waals surface area contributed by atoms with Gasteiger partial charge in [0.2, 0.25) is 21.8 Å². The molecule has 2 unspecified atom stereocenters. The molecular formula is C32H51FN4O5S. The lowest BCUT2D eigenvalue weighted by Crippen LogP contribution is -2.59. The Morgan fingerprint density at radius 2 is 1.51 bits per heavy atom. The largest absolute Gasteiger partial charge is 0.390 e. The Balaban J connectivity index is 0.00000452. The van der Waals surface area contributed by atoms with E-state index in [0.29, 0.717) is 6.54 Å². The second-order valence-corrected chi connectivity index (χ2v) is 13.9. The Kier molecular flexibility index (Phi) is 16.0. The van der Waals surface area contributed by atoms with Crippen LogP contribution in [0.2, 0.25) is 0 Å². The quantitative estimate of drug-likeness (QED) is 0.241. The molecule has 0 saturated carbocycles. The fourth-order valence-electron chi connectivity index (χ4n) is 4.32. The minimum Gasteiger partial charge on any atom is -0.390 e. The summed E-state index contributed by atoms with van der Waals surface area (Å²) in [6.07, 6.45) is 0.153. The first-order valence-corrected chi connectivity index (χ1v) is 16.6. The van der Waals surface area contributed by atoms with Gasteiger partial charge in [-0.05, 0) is 41.0 Å². The maximum atomic E-state index is 13.6. The van der Waals surface area contributed by atoms with Crippen LogP contribution in [0, 0.1) is 17.2 Å². The highest BCUT2D eigenvalue weighted by Crippen LogP contribution is 2.20. The van der Waals surface area contributed by atoms with Crippen LogP contribution >= 0.6 is 0 Å². The topological polar surface area (TPSA) is 128 Å². The molecule has 2 aromatic carbocycles. The van der Waals surface area contributed by atoms with Gasteiger partial charge in [-0.1, -0.05) is 90.9 Å². The van der Waals surface area contributed by atoms with E-state index in [-0.39, 0.29) is 37.8 Å². The molecule has 242 valence electrons. The summed E-state index contributed by atoms with van der Waals surface area (Å²) in [5.41, 5.74) is 0.991. The summed E-state index contributed by atoms with van der Waals surface area (Å²) in [5.74, 6) is -1.19. The third-order valence-electron chi connectivity index (χ3n) is 6.48. The smallest absolute Gasteiger partial charge is 0.243 e. The molecule has 43 heavy (non-hydrogen) atoms. The predicted octanol–water partition coefficient (Wildman–Crippen LogP) is 3.48. The molecule has 4 N–H and O–H groups in total. The number of sulfonamides is 1. The van der Waals surface area contributed by atoms with Gasteiger partial charge in [0.05, 0.1) is 24.9 Å². The van der Waals surface area contributed by atoms with Crippen LogP contribution in [0.3, 0.4) is 0 Å². The van der Waals surface area contributed by atoms with E-state index < -0.39 is 45.4 Å². The van der Waals surface area contributed by atoms with Crippen molar-refractivity contribution in [2.24, 2.45) is 11.3 Å². The molecule has 9 nitrogen and oxygen atoms in total. The number of aliphatic hydroxyl groups excluding tert-OH is 1. The van der Waals surface area contributed by atoms with Crippen LogP contribution in [0.1, 0.15) is 59.6 Å². The van der Waals surface area contributed by atoms with Gasteiger partial charge < -0.3 is 21.1 Å². The number of amides is 2. The molecule has 0 heterocycles. The van der Waals surface area contributed by atoms with Crippen molar-refractivity contribution in [3.05, 3.63) is 71.5 Å². The standard InChI is InChI=1S/C30H45FN4O5S.C2H6/c1-21(2)19-35(41(6,39)40)20-26(36)25(16-22-10-8-7-9-11-22)33-29(38)28(30(3,4)5)34-27(37)18-32-17-23-12-14-24(31)15-13-23;1-2/h7-15,21,25-26,28,32,36H,16-20H2,1-6H3,(H,33,38)(H,34,37);1-2H3/t25?,26?,28-;/m1./s1. The Morgan fingerprint density at radius 3 is 2.02 bits per heavy atom. The fourth-order valence-corrected chi connectivity index (χ4v) is 5.31. The highest BCUT2D eigenvalue weighted by atomic mass is 32.2. The van der Waals surface area contributed by atoms with Crippen molar-refractivity contribution in [1.82, 2.24) is 20.3 Å². The van der Waals surface area contributed by atoms with Crippen LogP contribution in [0.4, 0.5) is 4.39 Å². The molecule has 0 bridgehead atoms. The van der Waals surface area contributed by atoms with Crippen LogP contribution in [-0.4, -0.2) is 73.7 Å². The molecule has 0 aromatic heterocycles. The van der Waals surface area contributed by atoms with Crippen molar-refractivity contribution in [3.8, 4) is 0 Å². The van der Waals surface area contributed by atoms with E-state index in [0.717, 1.165) is 17.4 Å². The van der Waals surface area contributed by atoms with Gasteiger partial charge >= 0.3 is 0 Å². The van der Waals surface area contributed by atoms with Crippen molar-refractivity contribution in [2.45, 2.75) is 79.6 Å². The molecule has 2 rings (SSSR count). The normalized spacial score (nSPS) is 14.0. The highest BCUT2D eigenvalue weighted by molar-refractivity contribution is 7.88. The number of benzene rings is 2. The van der Waals surface area contributed by atoms with Gasteiger partial charge in [0.15, 0.2) is 0 Å². The van der Waals surface area contributed by atoms with Gasteiger partial charge in [0, 0.05) is 19.6 Å². The van der Waals surface area contributed by atoms with Crippen LogP contribution in [-0.2, 0) is 32.6 Å². The fraction of sp³-hybridized carbons (Fsp3) is 0.562. The number of rotatable bonds is 15. The lowest BCUT2D eigenvalue weighted by molar-refractivity contribution is -0.132. The summed E-state index contributed by atoms with van der Waals surface area (Å²) in [6, 6.07) is 13.5. The van der Waals surface area contributed by atoms with Crippen LogP contribution < -0.4 is 16.0 Å². The molecule has 0 saturated heterocycles. The van der Waals surface area contributed by atoms with Crippen molar-refractivity contribution in [2.75, 3.05) is 25.9 Å². The summed E-state index contributed by atoms with van der Waals surface area (Å²) in [6.45, 7) is 13.6. The van der Waals surface area contributed by atoms with E-state index in [4.69, 9.17) is 0 Å². The third kappa shape index (κ3) is 14.4. The first-order valence-electron chi connectivity index (χ1n) is 14.8. The second kappa shape index (κ2) is 18.1. The Labute approximate surface area is 257 Å². The molecule has 0 aliphatic carbocycles. The lowest BCUT2D eigenvalue weighted by atomic mass is 9.85. The predicted molar refractivity (Wildman–Crippen MR) is 170 cm³/mol. The number of hydrogen-bond donors (Lipinski definition) is 4. The average molecular weight is 623 g/mol. The van der Waals surface area contributed by atoms with Crippen LogP contribution in [0.25, 0.3) is 0 Å². The van der Waals surface area contributed by atoms with Crippen molar-refractivity contribution in [1.29, 1.82) is 0 Å². The Hall–Kier alpha value is -2.86. The summed E-state index contributed by atoms with van der Waals surface area (Å²) in [5, 5.41) is 19.9. The minimum absolute atomic E-state index is 0.0382. The highest BCUT2D eigenvalue weighted by Gasteiger charge is 2.36. The molecule has 0 spiro atoms. The number of hydrogen-bond acceptors (Lipinski definition) is 6. The van der Waals surface area contributed by atoms with Gasteiger partial charge in [0.25, 0.3) is 0 Å². The Bertz CT molecular complexity index is 1220. The summed E-state index contributed by atoms with van der Waals surface area (Å²) < 4.78 is 39.2.